The first-order chi connectivity index (χ1) is 6.58. The molecular formula is C9H12N2O3. The number of H-pyrrole nitrogens is 2. The summed E-state index contributed by atoms with van der Waals surface area (Å²) in [4.78, 5) is 26.6. The van der Waals surface area contributed by atoms with E-state index in [1.165, 1.54) is 18.3 Å². The molecule has 1 aromatic heterocycles. The number of hydrogen-bond acceptors (Lipinski definition) is 3. The summed E-state index contributed by atoms with van der Waals surface area (Å²) in [6, 6.07) is 0. The van der Waals surface area contributed by atoms with Gasteiger partial charge in [0.15, 0.2) is 0 Å². The van der Waals surface area contributed by atoms with Crippen molar-refractivity contribution < 1.29 is 9.53 Å². The van der Waals surface area contributed by atoms with Crippen LogP contribution in [0.4, 0.5) is 0 Å². The van der Waals surface area contributed by atoms with E-state index in [1.807, 2.05) is 0 Å². The number of aromatic amines is 2. The zero-order chi connectivity index (χ0) is 10.6. The molecule has 0 aliphatic carbocycles. The van der Waals surface area contributed by atoms with E-state index >= 15 is 0 Å². The van der Waals surface area contributed by atoms with E-state index in [1.54, 1.807) is 13.8 Å². The van der Waals surface area contributed by atoms with Gasteiger partial charge in [0.05, 0.1) is 11.8 Å². The Labute approximate surface area is 80.8 Å². The zero-order valence-corrected chi connectivity index (χ0v) is 8.03. The molecule has 0 saturated heterocycles. The van der Waals surface area contributed by atoms with Crippen molar-refractivity contribution in [1.29, 1.82) is 0 Å². The Hall–Kier alpha value is -1.78. The third-order valence-electron chi connectivity index (χ3n) is 1.37. The first kappa shape index (κ1) is 10.3. The molecule has 0 atom stereocenters. The van der Waals surface area contributed by atoms with Gasteiger partial charge in [-0.05, 0) is 19.9 Å². The van der Waals surface area contributed by atoms with E-state index in [4.69, 9.17) is 4.74 Å². The standard InChI is InChI=1S/C9H12N2O3/c1-6(2)14-8(12)4-3-7-5-10-9(13)11-7/h3-6H,1-2H3,(H2,10,11,13)/b4-3-. The summed E-state index contributed by atoms with van der Waals surface area (Å²) in [7, 11) is 0. The minimum absolute atomic E-state index is 0.141. The number of nitrogens with one attached hydrogen (secondary N) is 2. The lowest BCUT2D eigenvalue weighted by atomic mass is 10.4. The van der Waals surface area contributed by atoms with Gasteiger partial charge in [-0.3, -0.25) is 0 Å². The molecule has 2 N–H and O–H groups in total. The number of aromatic nitrogens is 2. The fourth-order valence-electron chi connectivity index (χ4n) is 0.866. The molecule has 0 unspecified atom stereocenters. The number of esters is 1. The molecular weight excluding hydrogens is 184 g/mol. The molecule has 0 aliphatic rings. The lowest BCUT2D eigenvalue weighted by Gasteiger charge is -2.03. The predicted molar refractivity (Wildman–Crippen MR) is 51.7 cm³/mol. The third-order valence-corrected chi connectivity index (χ3v) is 1.37. The molecule has 0 aromatic carbocycles. The molecule has 14 heavy (non-hydrogen) atoms. The van der Waals surface area contributed by atoms with Gasteiger partial charge in [-0.25, -0.2) is 9.59 Å². The van der Waals surface area contributed by atoms with Crippen LogP contribution in [0.15, 0.2) is 17.1 Å². The molecule has 5 nitrogen and oxygen atoms in total. The average molecular weight is 196 g/mol. The van der Waals surface area contributed by atoms with Gasteiger partial charge >= 0.3 is 11.7 Å². The van der Waals surface area contributed by atoms with Crippen LogP contribution in [0.2, 0.25) is 0 Å². The number of rotatable bonds is 3. The van der Waals surface area contributed by atoms with Crippen LogP contribution in [0.3, 0.4) is 0 Å². The Bertz CT molecular complexity index is 387. The predicted octanol–water partition coefficient (Wildman–Crippen LogP) is 0.668. The Kier molecular flexibility index (Phi) is 3.28. The highest BCUT2D eigenvalue weighted by molar-refractivity contribution is 5.86. The topological polar surface area (TPSA) is 75.0 Å². The van der Waals surface area contributed by atoms with Gasteiger partial charge in [0.1, 0.15) is 0 Å². The van der Waals surface area contributed by atoms with E-state index in [9.17, 15) is 9.59 Å². The Morgan fingerprint density at radius 2 is 2.29 bits per heavy atom. The summed E-state index contributed by atoms with van der Waals surface area (Å²) in [5, 5.41) is 0. The molecule has 1 rings (SSSR count). The van der Waals surface area contributed by atoms with Crippen molar-refractivity contribution in [2.75, 3.05) is 0 Å². The fourth-order valence-corrected chi connectivity index (χ4v) is 0.866. The molecule has 1 heterocycles. The number of ether oxygens (including phenoxy) is 1. The summed E-state index contributed by atoms with van der Waals surface area (Å²) >= 11 is 0. The lowest BCUT2D eigenvalue weighted by molar-refractivity contribution is -0.141. The van der Waals surface area contributed by atoms with Gasteiger partial charge in [0, 0.05) is 12.3 Å². The molecule has 0 spiro atoms. The van der Waals surface area contributed by atoms with Crippen LogP contribution >= 0.6 is 0 Å². The van der Waals surface area contributed by atoms with E-state index in [0.29, 0.717) is 5.69 Å². The quantitative estimate of drug-likeness (QED) is 0.551. The summed E-state index contributed by atoms with van der Waals surface area (Å²) in [6.45, 7) is 3.54. The first-order valence-electron chi connectivity index (χ1n) is 4.24. The molecule has 5 heteroatoms. The van der Waals surface area contributed by atoms with Crippen LogP contribution in [0.1, 0.15) is 19.5 Å². The molecule has 0 amide bonds. The Balaban J connectivity index is 2.56. The van der Waals surface area contributed by atoms with Crippen molar-refractivity contribution in [2.45, 2.75) is 20.0 Å². The second-order valence-electron chi connectivity index (χ2n) is 3.02. The Morgan fingerprint density at radius 3 is 2.79 bits per heavy atom. The number of hydrogen-bond donors (Lipinski definition) is 2. The maximum atomic E-state index is 11.0. The normalized spacial score (nSPS) is 11.1. The highest BCUT2D eigenvalue weighted by Gasteiger charge is 1.99. The van der Waals surface area contributed by atoms with Gasteiger partial charge < -0.3 is 14.7 Å². The molecule has 0 fully saturated rings. The summed E-state index contributed by atoms with van der Waals surface area (Å²) in [5.41, 5.74) is 0.234. The van der Waals surface area contributed by atoms with Gasteiger partial charge in [0.2, 0.25) is 0 Å². The second-order valence-corrected chi connectivity index (χ2v) is 3.02. The van der Waals surface area contributed by atoms with Crippen LogP contribution in [0.5, 0.6) is 0 Å². The Morgan fingerprint density at radius 1 is 1.57 bits per heavy atom. The third kappa shape index (κ3) is 3.30. The molecule has 1 aromatic rings. The second kappa shape index (κ2) is 4.45. The number of carbonyl (C=O) groups excluding carboxylic acids is 1. The molecule has 0 bridgehead atoms. The van der Waals surface area contributed by atoms with Crippen LogP contribution in [0, 0.1) is 0 Å². The zero-order valence-electron chi connectivity index (χ0n) is 8.03. The lowest BCUT2D eigenvalue weighted by Crippen LogP contribution is -2.08. The SMILES string of the molecule is CC(C)OC(=O)/C=C\c1c[nH]c(=O)[nH]1. The molecule has 76 valence electrons. The number of carbonyl (C=O) groups is 1. The fraction of sp³-hybridized carbons (Fsp3) is 0.333. The van der Waals surface area contributed by atoms with Crippen molar-refractivity contribution >= 4 is 12.0 Å². The van der Waals surface area contributed by atoms with Crippen LogP contribution in [-0.2, 0) is 9.53 Å². The monoisotopic (exact) mass is 196 g/mol. The molecule has 0 aliphatic heterocycles. The van der Waals surface area contributed by atoms with E-state index in [0.717, 1.165) is 0 Å². The highest BCUT2D eigenvalue weighted by atomic mass is 16.5. The van der Waals surface area contributed by atoms with E-state index in [2.05, 4.69) is 9.97 Å². The van der Waals surface area contributed by atoms with Gasteiger partial charge in [-0.2, -0.15) is 0 Å². The minimum atomic E-state index is -0.429. The van der Waals surface area contributed by atoms with Crippen molar-refractivity contribution in [2.24, 2.45) is 0 Å². The van der Waals surface area contributed by atoms with Crippen LogP contribution < -0.4 is 5.69 Å². The summed E-state index contributed by atoms with van der Waals surface area (Å²) in [5.74, 6) is -0.429. The van der Waals surface area contributed by atoms with Crippen molar-refractivity contribution in [3.05, 3.63) is 28.5 Å². The average Bonchev–Trinajstić information content (AvgIpc) is 2.47. The highest BCUT2D eigenvalue weighted by Crippen LogP contribution is 1.95. The van der Waals surface area contributed by atoms with Crippen molar-refractivity contribution in [3.63, 3.8) is 0 Å². The molecule has 0 saturated carbocycles. The minimum Gasteiger partial charge on any atom is -0.460 e. The summed E-state index contributed by atoms with van der Waals surface area (Å²) < 4.78 is 4.85. The van der Waals surface area contributed by atoms with E-state index < -0.39 is 5.97 Å². The van der Waals surface area contributed by atoms with Gasteiger partial charge in [0.25, 0.3) is 0 Å². The maximum Gasteiger partial charge on any atom is 0.331 e. The van der Waals surface area contributed by atoms with Crippen molar-refractivity contribution in [3.8, 4) is 0 Å². The summed E-state index contributed by atoms with van der Waals surface area (Å²) in [6.07, 6.45) is 4.07. The largest absolute Gasteiger partial charge is 0.460 e. The van der Waals surface area contributed by atoms with Gasteiger partial charge in [-0.1, -0.05) is 0 Å². The van der Waals surface area contributed by atoms with Crippen molar-refractivity contribution in [1.82, 2.24) is 9.97 Å². The van der Waals surface area contributed by atoms with E-state index in [-0.39, 0.29) is 11.8 Å². The number of imidazole rings is 1. The smallest absolute Gasteiger partial charge is 0.331 e. The molecule has 0 radical (unpaired) electrons. The maximum absolute atomic E-state index is 11.0. The van der Waals surface area contributed by atoms with Crippen LogP contribution in [0.25, 0.3) is 6.08 Å². The first-order valence-corrected chi connectivity index (χ1v) is 4.24. The van der Waals surface area contributed by atoms with Gasteiger partial charge in [-0.15, -0.1) is 0 Å². The van der Waals surface area contributed by atoms with Crippen LogP contribution in [-0.4, -0.2) is 22.0 Å².